The molecule has 1 fully saturated rings. The Kier molecular flexibility index (Phi) is 5.91. The van der Waals surface area contributed by atoms with Gasteiger partial charge in [-0.3, -0.25) is 4.79 Å². The van der Waals surface area contributed by atoms with Gasteiger partial charge in [-0.2, -0.15) is 0 Å². The van der Waals surface area contributed by atoms with E-state index in [-0.39, 0.29) is 5.91 Å². The van der Waals surface area contributed by atoms with Crippen molar-refractivity contribution in [2.75, 3.05) is 26.7 Å². The van der Waals surface area contributed by atoms with Crippen molar-refractivity contribution in [2.24, 2.45) is 5.92 Å². The summed E-state index contributed by atoms with van der Waals surface area (Å²) in [6.07, 6.45) is 4.96. The second kappa shape index (κ2) is 7.69. The molecule has 2 heterocycles. The molecule has 0 spiro atoms. The third kappa shape index (κ3) is 5.17. The van der Waals surface area contributed by atoms with Crippen molar-refractivity contribution < 1.29 is 4.79 Å². The van der Waals surface area contributed by atoms with Crippen molar-refractivity contribution in [1.82, 2.24) is 20.4 Å². The minimum Gasteiger partial charge on any atom is -0.356 e. The Balaban J connectivity index is 1.58. The van der Waals surface area contributed by atoms with Crippen LogP contribution in [0.25, 0.3) is 0 Å². The van der Waals surface area contributed by atoms with E-state index < -0.39 is 0 Å². The fourth-order valence-electron chi connectivity index (χ4n) is 2.68. The second-order valence-corrected chi connectivity index (χ2v) is 6.89. The van der Waals surface area contributed by atoms with Gasteiger partial charge in [0.25, 0.3) is 0 Å². The highest BCUT2D eigenvalue weighted by Gasteiger charge is 2.17. The molecule has 1 atom stereocenters. The largest absolute Gasteiger partial charge is 0.356 e. The third-order valence-corrected chi connectivity index (χ3v) is 4.63. The van der Waals surface area contributed by atoms with E-state index in [1.165, 1.54) is 19.4 Å². The molecule has 0 saturated carbocycles. The van der Waals surface area contributed by atoms with E-state index in [9.17, 15) is 4.79 Å². The van der Waals surface area contributed by atoms with Gasteiger partial charge in [-0.1, -0.05) is 0 Å². The molecule has 1 aromatic heterocycles. The first-order valence-corrected chi connectivity index (χ1v) is 8.19. The number of piperidine rings is 1. The van der Waals surface area contributed by atoms with Gasteiger partial charge in [-0.25, -0.2) is 0 Å². The summed E-state index contributed by atoms with van der Waals surface area (Å²) < 4.78 is 0. The number of aryl methyl sites for hydroxylation is 1. The van der Waals surface area contributed by atoms with Gasteiger partial charge in [-0.05, 0) is 45.7 Å². The predicted molar refractivity (Wildman–Crippen MR) is 80.8 cm³/mol. The molecule has 1 aliphatic rings. The molecule has 1 saturated heterocycles. The number of hydrogen-bond acceptors (Lipinski definition) is 5. The SMILES string of the molecule is Cc1nnc(CCNC(=O)CC[C@H]2CCCN(C)C2)s1. The van der Waals surface area contributed by atoms with Gasteiger partial charge >= 0.3 is 0 Å². The zero-order chi connectivity index (χ0) is 14.4. The average Bonchev–Trinajstić information content (AvgIpc) is 2.82. The van der Waals surface area contributed by atoms with Crippen molar-refractivity contribution in [2.45, 2.75) is 39.0 Å². The van der Waals surface area contributed by atoms with Gasteiger partial charge in [-0.15, -0.1) is 21.5 Å². The summed E-state index contributed by atoms with van der Waals surface area (Å²) in [5.74, 6) is 0.852. The van der Waals surface area contributed by atoms with Gasteiger partial charge in [0.05, 0.1) is 0 Å². The number of amides is 1. The van der Waals surface area contributed by atoms with Gasteiger partial charge < -0.3 is 10.2 Å². The van der Waals surface area contributed by atoms with Gasteiger partial charge in [0.1, 0.15) is 10.0 Å². The molecule has 0 radical (unpaired) electrons. The van der Waals surface area contributed by atoms with Crippen LogP contribution in [-0.2, 0) is 11.2 Å². The predicted octanol–water partition coefficient (Wildman–Crippen LogP) is 1.63. The van der Waals surface area contributed by atoms with E-state index in [2.05, 4.69) is 27.5 Å². The van der Waals surface area contributed by atoms with Gasteiger partial charge in [0.15, 0.2) is 0 Å². The summed E-state index contributed by atoms with van der Waals surface area (Å²) in [6.45, 7) is 4.94. The van der Waals surface area contributed by atoms with Crippen molar-refractivity contribution >= 4 is 17.2 Å². The molecule has 1 N–H and O–H groups in total. The summed E-state index contributed by atoms with van der Waals surface area (Å²) in [6, 6.07) is 0. The molecule has 20 heavy (non-hydrogen) atoms. The number of aromatic nitrogens is 2. The highest BCUT2D eigenvalue weighted by Crippen LogP contribution is 2.19. The highest BCUT2D eigenvalue weighted by atomic mass is 32.1. The van der Waals surface area contributed by atoms with E-state index in [0.717, 1.165) is 29.4 Å². The van der Waals surface area contributed by atoms with Crippen molar-refractivity contribution in [3.8, 4) is 0 Å². The fraction of sp³-hybridized carbons (Fsp3) is 0.786. The lowest BCUT2D eigenvalue weighted by molar-refractivity contribution is -0.121. The van der Waals surface area contributed by atoms with Crippen LogP contribution in [0.5, 0.6) is 0 Å². The van der Waals surface area contributed by atoms with Crippen LogP contribution in [0.1, 0.15) is 35.7 Å². The van der Waals surface area contributed by atoms with Crippen LogP contribution < -0.4 is 5.32 Å². The Labute approximate surface area is 124 Å². The minimum absolute atomic E-state index is 0.166. The molecule has 1 aliphatic heterocycles. The fourth-order valence-corrected chi connectivity index (χ4v) is 3.39. The molecule has 112 valence electrons. The van der Waals surface area contributed by atoms with E-state index in [1.54, 1.807) is 11.3 Å². The molecule has 0 unspecified atom stereocenters. The Bertz CT molecular complexity index is 435. The molecule has 2 rings (SSSR count). The standard InChI is InChI=1S/C14H24N4OS/c1-11-16-17-14(20-11)7-8-15-13(19)6-5-12-4-3-9-18(2)10-12/h12H,3-10H2,1-2H3,(H,15,19)/t12-/m1/s1. The molecule has 1 aromatic rings. The minimum atomic E-state index is 0.166. The van der Waals surface area contributed by atoms with E-state index in [1.807, 2.05) is 6.92 Å². The molecule has 1 amide bonds. The zero-order valence-corrected chi connectivity index (χ0v) is 13.2. The Morgan fingerprint density at radius 1 is 1.50 bits per heavy atom. The monoisotopic (exact) mass is 296 g/mol. The molecular formula is C14H24N4OS. The number of carbonyl (C=O) groups excluding carboxylic acids is 1. The average molecular weight is 296 g/mol. The molecule has 6 heteroatoms. The van der Waals surface area contributed by atoms with Gasteiger partial charge in [0, 0.05) is 25.9 Å². The highest BCUT2D eigenvalue weighted by molar-refractivity contribution is 7.11. The topological polar surface area (TPSA) is 58.1 Å². The Morgan fingerprint density at radius 3 is 3.05 bits per heavy atom. The van der Waals surface area contributed by atoms with Crippen molar-refractivity contribution in [1.29, 1.82) is 0 Å². The molecular weight excluding hydrogens is 272 g/mol. The van der Waals surface area contributed by atoms with Crippen LogP contribution in [0.4, 0.5) is 0 Å². The Morgan fingerprint density at radius 2 is 2.35 bits per heavy atom. The van der Waals surface area contributed by atoms with E-state index in [4.69, 9.17) is 0 Å². The number of nitrogens with zero attached hydrogens (tertiary/aromatic N) is 3. The lowest BCUT2D eigenvalue weighted by Crippen LogP contribution is -2.33. The van der Waals surface area contributed by atoms with Crippen LogP contribution >= 0.6 is 11.3 Å². The van der Waals surface area contributed by atoms with E-state index in [0.29, 0.717) is 18.9 Å². The van der Waals surface area contributed by atoms with Crippen LogP contribution in [0.3, 0.4) is 0 Å². The third-order valence-electron chi connectivity index (χ3n) is 3.73. The molecule has 0 aliphatic carbocycles. The number of hydrogen-bond donors (Lipinski definition) is 1. The van der Waals surface area contributed by atoms with Crippen LogP contribution in [0.15, 0.2) is 0 Å². The number of likely N-dealkylation sites (tertiary alicyclic amines) is 1. The number of nitrogens with one attached hydrogen (secondary N) is 1. The number of carbonyl (C=O) groups is 1. The quantitative estimate of drug-likeness (QED) is 0.867. The number of rotatable bonds is 6. The first kappa shape index (κ1) is 15.4. The normalized spacial score (nSPS) is 20.0. The molecule has 0 bridgehead atoms. The van der Waals surface area contributed by atoms with Crippen LogP contribution in [0, 0.1) is 12.8 Å². The van der Waals surface area contributed by atoms with Crippen LogP contribution in [-0.4, -0.2) is 47.7 Å². The van der Waals surface area contributed by atoms with Crippen molar-refractivity contribution in [3.63, 3.8) is 0 Å². The lowest BCUT2D eigenvalue weighted by atomic mass is 9.93. The van der Waals surface area contributed by atoms with Gasteiger partial charge in [0.2, 0.25) is 5.91 Å². The molecule has 0 aromatic carbocycles. The summed E-state index contributed by atoms with van der Waals surface area (Å²) in [7, 11) is 2.16. The summed E-state index contributed by atoms with van der Waals surface area (Å²) in [4.78, 5) is 14.2. The second-order valence-electron chi connectivity index (χ2n) is 5.62. The van der Waals surface area contributed by atoms with E-state index >= 15 is 0 Å². The summed E-state index contributed by atoms with van der Waals surface area (Å²) >= 11 is 1.60. The maximum atomic E-state index is 11.8. The Hall–Kier alpha value is -1.01. The lowest BCUT2D eigenvalue weighted by Gasteiger charge is -2.29. The summed E-state index contributed by atoms with van der Waals surface area (Å²) in [5, 5.41) is 13.0. The maximum absolute atomic E-state index is 11.8. The smallest absolute Gasteiger partial charge is 0.220 e. The first-order chi connectivity index (χ1) is 9.63. The maximum Gasteiger partial charge on any atom is 0.220 e. The molecule has 5 nitrogen and oxygen atoms in total. The first-order valence-electron chi connectivity index (χ1n) is 7.37. The van der Waals surface area contributed by atoms with Crippen LogP contribution in [0.2, 0.25) is 0 Å². The van der Waals surface area contributed by atoms with Crippen molar-refractivity contribution in [3.05, 3.63) is 10.0 Å². The summed E-state index contributed by atoms with van der Waals surface area (Å²) in [5.41, 5.74) is 0. The zero-order valence-electron chi connectivity index (χ0n) is 12.4.